The number of H-pyrrole nitrogens is 1. The SMILES string of the molecule is COc1cc(Cc2ncc(C[C]=O)[nH]2)ccc1C#N. The molecule has 0 spiro atoms. The number of rotatable bonds is 5. The number of aromatic amines is 1. The predicted octanol–water partition coefficient (Wildman–Crippen LogP) is 1.53. The van der Waals surface area contributed by atoms with Crippen molar-refractivity contribution in [3.8, 4) is 11.8 Å². The summed E-state index contributed by atoms with van der Waals surface area (Å²) in [5.41, 5.74) is 2.22. The van der Waals surface area contributed by atoms with Gasteiger partial charge in [-0.25, -0.2) is 4.98 Å². The van der Waals surface area contributed by atoms with Crippen LogP contribution in [-0.4, -0.2) is 23.4 Å². The van der Waals surface area contributed by atoms with Gasteiger partial charge in [0.25, 0.3) is 0 Å². The van der Waals surface area contributed by atoms with Gasteiger partial charge in [-0.2, -0.15) is 5.26 Å². The third-order valence-corrected chi connectivity index (χ3v) is 2.70. The number of nitriles is 1. The van der Waals surface area contributed by atoms with E-state index in [9.17, 15) is 4.79 Å². The van der Waals surface area contributed by atoms with Crippen LogP contribution in [0.4, 0.5) is 0 Å². The van der Waals surface area contributed by atoms with Crippen LogP contribution >= 0.6 is 0 Å². The van der Waals surface area contributed by atoms with Crippen LogP contribution in [-0.2, 0) is 17.6 Å². The number of hydrogen-bond donors (Lipinski definition) is 1. The van der Waals surface area contributed by atoms with Crippen molar-refractivity contribution < 1.29 is 9.53 Å². The van der Waals surface area contributed by atoms with Crippen molar-refractivity contribution in [2.75, 3.05) is 7.11 Å². The molecule has 0 atom stereocenters. The molecular weight excluding hydrogens is 242 g/mol. The Morgan fingerprint density at radius 3 is 3.00 bits per heavy atom. The summed E-state index contributed by atoms with van der Waals surface area (Å²) in [6.07, 6.45) is 4.24. The molecule has 1 N–H and O–H groups in total. The second-order valence-electron chi connectivity index (χ2n) is 4.00. The van der Waals surface area contributed by atoms with Gasteiger partial charge in [0, 0.05) is 18.3 Å². The minimum atomic E-state index is 0.212. The van der Waals surface area contributed by atoms with E-state index in [1.54, 1.807) is 12.3 Å². The standard InChI is InChI=1S/C14H12N3O2/c1-19-13-6-10(2-3-11(13)8-15)7-14-16-9-12(17-14)4-5-18/h2-3,6,9H,4,7H2,1H3,(H,16,17). The van der Waals surface area contributed by atoms with Crippen molar-refractivity contribution in [3.05, 3.63) is 47.0 Å². The zero-order valence-corrected chi connectivity index (χ0v) is 10.4. The van der Waals surface area contributed by atoms with Crippen molar-refractivity contribution in [3.63, 3.8) is 0 Å². The maximum Gasteiger partial charge on any atom is 0.204 e. The first kappa shape index (κ1) is 12.8. The van der Waals surface area contributed by atoms with Gasteiger partial charge in [0.15, 0.2) is 0 Å². The number of benzene rings is 1. The van der Waals surface area contributed by atoms with Crippen LogP contribution in [0.3, 0.4) is 0 Å². The predicted molar refractivity (Wildman–Crippen MR) is 68.5 cm³/mol. The first-order chi connectivity index (χ1) is 9.26. The van der Waals surface area contributed by atoms with E-state index in [4.69, 9.17) is 10.00 Å². The molecule has 0 fully saturated rings. The highest BCUT2D eigenvalue weighted by atomic mass is 16.5. The first-order valence-corrected chi connectivity index (χ1v) is 5.71. The monoisotopic (exact) mass is 254 g/mol. The maximum atomic E-state index is 10.3. The van der Waals surface area contributed by atoms with Gasteiger partial charge in [-0.05, 0) is 17.7 Å². The Bertz CT molecular complexity index is 626. The highest BCUT2D eigenvalue weighted by molar-refractivity contribution is 5.54. The Kier molecular flexibility index (Phi) is 3.94. The highest BCUT2D eigenvalue weighted by Crippen LogP contribution is 2.20. The third-order valence-electron chi connectivity index (χ3n) is 2.70. The molecule has 0 aliphatic carbocycles. The summed E-state index contributed by atoms with van der Waals surface area (Å²) in [7, 11) is 1.53. The molecule has 0 unspecified atom stereocenters. The summed E-state index contributed by atoms with van der Waals surface area (Å²) in [5, 5.41) is 8.91. The molecule has 2 aromatic rings. The third kappa shape index (κ3) is 2.99. The number of hydrogen-bond acceptors (Lipinski definition) is 4. The fraction of sp³-hybridized carbons (Fsp3) is 0.214. The number of imidazole rings is 1. The van der Waals surface area contributed by atoms with Gasteiger partial charge in [0.2, 0.25) is 6.29 Å². The van der Waals surface area contributed by atoms with Crippen molar-refractivity contribution >= 4 is 6.29 Å². The van der Waals surface area contributed by atoms with Crippen LogP contribution in [0.2, 0.25) is 0 Å². The molecule has 5 heteroatoms. The Morgan fingerprint density at radius 1 is 1.47 bits per heavy atom. The van der Waals surface area contributed by atoms with Crippen LogP contribution in [0.25, 0.3) is 0 Å². The summed E-state index contributed by atoms with van der Waals surface area (Å²) in [5.74, 6) is 1.31. The number of aromatic nitrogens is 2. The molecule has 2 rings (SSSR count). The van der Waals surface area contributed by atoms with Gasteiger partial charge in [0.05, 0.1) is 19.1 Å². The van der Waals surface area contributed by atoms with Crippen molar-refractivity contribution in [1.29, 1.82) is 5.26 Å². The maximum absolute atomic E-state index is 10.3. The lowest BCUT2D eigenvalue weighted by atomic mass is 10.1. The molecule has 95 valence electrons. The lowest BCUT2D eigenvalue weighted by Gasteiger charge is -2.05. The van der Waals surface area contributed by atoms with Crippen molar-refractivity contribution in [1.82, 2.24) is 9.97 Å². The van der Waals surface area contributed by atoms with Gasteiger partial charge in [0.1, 0.15) is 17.6 Å². The molecular formula is C14H12N3O2. The summed E-state index contributed by atoms with van der Waals surface area (Å²) >= 11 is 0. The Hall–Kier alpha value is -2.61. The molecule has 1 aromatic heterocycles. The molecule has 0 saturated heterocycles. The molecule has 0 aliphatic heterocycles. The summed E-state index contributed by atoms with van der Waals surface area (Å²) in [6.45, 7) is 0. The van der Waals surface area contributed by atoms with Gasteiger partial charge in [-0.15, -0.1) is 0 Å². The largest absolute Gasteiger partial charge is 0.495 e. The number of nitrogens with zero attached hydrogens (tertiary/aromatic N) is 2. The topological polar surface area (TPSA) is 78.8 Å². The quantitative estimate of drug-likeness (QED) is 0.877. The van der Waals surface area contributed by atoms with E-state index in [-0.39, 0.29) is 6.42 Å². The zero-order valence-electron chi connectivity index (χ0n) is 10.4. The number of methoxy groups -OCH3 is 1. The van der Waals surface area contributed by atoms with Crippen LogP contribution in [0, 0.1) is 11.3 Å². The van der Waals surface area contributed by atoms with E-state index in [1.165, 1.54) is 7.11 Å². The highest BCUT2D eigenvalue weighted by Gasteiger charge is 2.06. The summed E-state index contributed by atoms with van der Waals surface area (Å²) in [6, 6.07) is 7.45. The van der Waals surface area contributed by atoms with Crippen molar-refractivity contribution in [2.45, 2.75) is 12.8 Å². The van der Waals surface area contributed by atoms with Gasteiger partial charge in [-0.1, -0.05) is 6.07 Å². The summed E-state index contributed by atoms with van der Waals surface area (Å²) < 4.78 is 5.15. The van der Waals surface area contributed by atoms with Crippen LogP contribution in [0.5, 0.6) is 5.75 Å². The fourth-order valence-corrected chi connectivity index (χ4v) is 1.79. The molecule has 1 aromatic carbocycles. The normalized spacial score (nSPS) is 9.89. The second-order valence-corrected chi connectivity index (χ2v) is 4.00. The van der Waals surface area contributed by atoms with Gasteiger partial charge >= 0.3 is 0 Å². The smallest absolute Gasteiger partial charge is 0.204 e. The lowest BCUT2D eigenvalue weighted by Crippen LogP contribution is -1.95. The van der Waals surface area contributed by atoms with Gasteiger partial charge < -0.3 is 9.72 Å². The molecule has 5 nitrogen and oxygen atoms in total. The molecule has 0 amide bonds. The van der Waals surface area contributed by atoms with E-state index in [2.05, 4.69) is 16.0 Å². The number of ether oxygens (including phenoxy) is 1. The minimum Gasteiger partial charge on any atom is -0.495 e. The molecule has 1 heterocycles. The minimum absolute atomic E-state index is 0.212. The molecule has 1 radical (unpaired) electrons. The number of nitrogens with one attached hydrogen (secondary N) is 1. The molecule has 0 aliphatic rings. The number of carbonyl (C=O) groups excluding carboxylic acids is 1. The average Bonchev–Trinajstić information content (AvgIpc) is 2.86. The van der Waals surface area contributed by atoms with Crippen LogP contribution in [0.1, 0.15) is 22.6 Å². The van der Waals surface area contributed by atoms with E-state index in [0.29, 0.717) is 17.7 Å². The van der Waals surface area contributed by atoms with E-state index in [1.807, 2.05) is 18.4 Å². The fourth-order valence-electron chi connectivity index (χ4n) is 1.79. The van der Waals surface area contributed by atoms with Crippen molar-refractivity contribution in [2.24, 2.45) is 0 Å². The Balaban J connectivity index is 2.18. The average molecular weight is 254 g/mol. The van der Waals surface area contributed by atoms with Gasteiger partial charge in [-0.3, -0.25) is 4.79 Å². The summed E-state index contributed by atoms with van der Waals surface area (Å²) in [4.78, 5) is 17.5. The zero-order chi connectivity index (χ0) is 13.7. The van der Waals surface area contributed by atoms with E-state index >= 15 is 0 Å². The van der Waals surface area contributed by atoms with E-state index < -0.39 is 0 Å². The Labute approximate surface area is 110 Å². The van der Waals surface area contributed by atoms with E-state index in [0.717, 1.165) is 17.1 Å². The molecule has 19 heavy (non-hydrogen) atoms. The first-order valence-electron chi connectivity index (χ1n) is 5.71. The Morgan fingerprint density at radius 2 is 2.32 bits per heavy atom. The lowest BCUT2D eigenvalue weighted by molar-refractivity contribution is 0.413. The second kappa shape index (κ2) is 5.83. The molecule has 0 bridgehead atoms. The molecule has 0 saturated carbocycles. The van der Waals surface area contributed by atoms with Crippen LogP contribution < -0.4 is 4.74 Å². The van der Waals surface area contributed by atoms with Crippen LogP contribution in [0.15, 0.2) is 24.4 Å².